The van der Waals surface area contributed by atoms with Crippen LogP contribution in [-0.4, -0.2) is 48.3 Å². The van der Waals surface area contributed by atoms with Crippen molar-refractivity contribution in [3.8, 4) is 18.1 Å². The summed E-state index contributed by atoms with van der Waals surface area (Å²) < 4.78 is 58.8. The summed E-state index contributed by atoms with van der Waals surface area (Å²) in [5.41, 5.74) is 0.147. The molecular weight excluding hydrogens is 518 g/mol. The lowest BCUT2D eigenvalue weighted by molar-refractivity contribution is -0.137. The molecule has 1 heterocycles. The minimum atomic E-state index is -4.48. The number of amides is 2. The van der Waals surface area contributed by atoms with Crippen LogP contribution in [0.1, 0.15) is 42.4 Å². The lowest BCUT2D eigenvalue weighted by Crippen LogP contribution is -2.54. The van der Waals surface area contributed by atoms with Crippen LogP contribution in [0.25, 0.3) is 0 Å². The van der Waals surface area contributed by atoms with Crippen LogP contribution in [0.2, 0.25) is 0 Å². The third-order valence-electron chi connectivity index (χ3n) is 6.21. The zero-order valence-corrected chi connectivity index (χ0v) is 21.2. The Bertz CT molecular complexity index is 1180. The first kappa shape index (κ1) is 29.9. The Labute approximate surface area is 224 Å². The van der Waals surface area contributed by atoms with E-state index in [9.17, 15) is 32.3 Å². The second-order valence-corrected chi connectivity index (χ2v) is 9.31. The van der Waals surface area contributed by atoms with E-state index in [1.165, 1.54) is 30.3 Å². The molecule has 2 bridgehead atoms. The van der Waals surface area contributed by atoms with Gasteiger partial charge in [0, 0.05) is 25.9 Å². The average molecular weight is 550 g/mol. The zero-order chi connectivity index (χ0) is 28.4. The van der Waals surface area contributed by atoms with Crippen LogP contribution < -0.4 is 20.7 Å². The molecule has 2 aromatic rings. The van der Waals surface area contributed by atoms with E-state index in [0.717, 1.165) is 12.1 Å². The largest absolute Gasteiger partial charge is 0.491 e. The van der Waals surface area contributed by atoms with Gasteiger partial charge in [0.2, 0.25) is 11.8 Å². The van der Waals surface area contributed by atoms with E-state index in [-0.39, 0.29) is 50.6 Å². The second kappa shape index (κ2) is 14.0. The van der Waals surface area contributed by atoms with Crippen molar-refractivity contribution in [2.45, 2.75) is 63.0 Å². The zero-order valence-electron chi connectivity index (χ0n) is 21.2. The number of carbonyl (C=O) groups is 2. The molecule has 0 saturated carbocycles. The summed E-state index contributed by atoms with van der Waals surface area (Å²) in [5.74, 6) is 0.823. The van der Waals surface area contributed by atoms with Gasteiger partial charge >= 0.3 is 6.18 Å². The lowest BCUT2D eigenvalue weighted by Gasteiger charge is -2.27. The molecule has 3 atom stereocenters. The number of hydrogen-bond acceptors (Lipinski definition) is 5. The van der Waals surface area contributed by atoms with Crippen molar-refractivity contribution in [1.29, 1.82) is 0 Å². The van der Waals surface area contributed by atoms with Crippen LogP contribution in [0, 0.1) is 18.2 Å². The highest BCUT2D eigenvalue weighted by molar-refractivity contribution is 5.88. The molecule has 210 valence electrons. The highest BCUT2D eigenvalue weighted by Crippen LogP contribution is 2.29. The standard InChI is InChI=1S/C28H31F4N3O4/c1-2-6-22-27(38)35-23(24(36)17-33-16-19-7-5-8-20(13-19)28(30,31)32)14-18-10-11-21(29)25(15-18)39-12-4-3-9-26(37)34-22/h1,5,7-8,10-11,13,15,22-24,33,36H,3-4,6,9,12,14,16-17H2,(H,34,37)(H,35,38). The number of carbonyl (C=O) groups excluding carboxylic acids is 2. The fourth-order valence-corrected chi connectivity index (χ4v) is 4.13. The summed E-state index contributed by atoms with van der Waals surface area (Å²) >= 11 is 0. The van der Waals surface area contributed by atoms with Gasteiger partial charge in [-0.2, -0.15) is 13.2 Å². The normalized spacial score (nSPS) is 19.9. The number of ether oxygens (including phenoxy) is 1. The minimum absolute atomic E-state index is 0.0132. The maximum Gasteiger partial charge on any atom is 0.416 e. The number of nitrogens with one attached hydrogen (secondary N) is 3. The van der Waals surface area contributed by atoms with E-state index in [2.05, 4.69) is 21.9 Å². The Morgan fingerprint density at radius 3 is 2.69 bits per heavy atom. The molecule has 0 spiro atoms. The third kappa shape index (κ3) is 9.26. The van der Waals surface area contributed by atoms with Gasteiger partial charge in [0.1, 0.15) is 6.04 Å². The molecular formula is C28H31F4N3O4. The van der Waals surface area contributed by atoms with Gasteiger partial charge in [0.05, 0.1) is 24.3 Å². The van der Waals surface area contributed by atoms with Crippen LogP contribution in [0.15, 0.2) is 42.5 Å². The highest BCUT2D eigenvalue weighted by Gasteiger charge is 2.30. The van der Waals surface area contributed by atoms with Crippen molar-refractivity contribution < 1.29 is 37.0 Å². The van der Waals surface area contributed by atoms with E-state index in [1.807, 2.05) is 0 Å². The summed E-state index contributed by atoms with van der Waals surface area (Å²) in [6.45, 7) is 0.133. The fraction of sp³-hybridized carbons (Fsp3) is 0.429. The van der Waals surface area contributed by atoms with E-state index in [4.69, 9.17) is 11.2 Å². The quantitative estimate of drug-likeness (QED) is 0.328. The Morgan fingerprint density at radius 2 is 1.95 bits per heavy atom. The molecule has 7 nitrogen and oxygen atoms in total. The first-order chi connectivity index (χ1) is 18.6. The molecule has 4 N–H and O–H groups in total. The van der Waals surface area contributed by atoms with Crippen LogP contribution in [-0.2, 0) is 28.7 Å². The molecule has 0 aliphatic carbocycles. The SMILES string of the molecule is C#CCC1NC(=O)CCCCOc2cc(ccc2F)CC(C(O)CNCc2cccc(C(F)(F)F)c2)NC1=O. The van der Waals surface area contributed by atoms with Gasteiger partial charge in [-0.1, -0.05) is 24.3 Å². The Balaban J connectivity index is 1.78. The summed E-state index contributed by atoms with van der Waals surface area (Å²) in [6, 6.07) is 7.08. The smallest absolute Gasteiger partial charge is 0.416 e. The van der Waals surface area contributed by atoms with Gasteiger partial charge in [-0.15, -0.1) is 12.3 Å². The Hall–Kier alpha value is -3.62. The monoisotopic (exact) mass is 549 g/mol. The predicted octanol–water partition coefficient (Wildman–Crippen LogP) is 3.09. The number of fused-ring (bicyclic) bond motifs is 2. The van der Waals surface area contributed by atoms with E-state index >= 15 is 0 Å². The van der Waals surface area contributed by atoms with Crippen molar-refractivity contribution in [1.82, 2.24) is 16.0 Å². The highest BCUT2D eigenvalue weighted by atomic mass is 19.4. The number of alkyl halides is 3. The van der Waals surface area contributed by atoms with Crippen LogP contribution in [0.4, 0.5) is 17.6 Å². The van der Waals surface area contributed by atoms with E-state index in [1.54, 1.807) is 0 Å². The molecule has 39 heavy (non-hydrogen) atoms. The van der Waals surface area contributed by atoms with Gasteiger partial charge in [0.15, 0.2) is 11.6 Å². The van der Waals surface area contributed by atoms with Crippen molar-refractivity contribution in [3.63, 3.8) is 0 Å². The number of halogens is 4. The molecule has 0 fully saturated rings. The van der Waals surface area contributed by atoms with Crippen LogP contribution >= 0.6 is 0 Å². The van der Waals surface area contributed by atoms with Crippen molar-refractivity contribution in [2.75, 3.05) is 13.2 Å². The van der Waals surface area contributed by atoms with E-state index in [0.29, 0.717) is 24.0 Å². The lowest BCUT2D eigenvalue weighted by atomic mass is 9.99. The summed E-state index contributed by atoms with van der Waals surface area (Å²) in [7, 11) is 0. The first-order valence-corrected chi connectivity index (χ1v) is 12.6. The number of hydrogen-bond donors (Lipinski definition) is 4. The molecule has 3 unspecified atom stereocenters. The molecule has 0 radical (unpaired) electrons. The Kier molecular flexibility index (Phi) is 10.7. The minimum Gasteiger partial charge on any atom is -0.491 e. The molecule has 1 aliphatic rings. The van der Waals surface area contributed by atoms with E-state index < -0.39 is 41.7 Å². The fourth-order valence-electron chi connectivity index (χ4n) is 4.13. The third-order valence-corrected chi connectivity index (χ3v) is 6.21. The molecule has 3 rings (SSSR count). The van der Waals surface area contributed by atoms with Crippen molar-refractivity contribution in [2.24, 2.45) is 0 Å². The van der Waals surface area contributed by atoms with Gasteiger partial charge < -0.3 is 25.8 Å². The first-order valence-electron chi connectivity index (χ1n) is 12.6. The summed E-state index contributed by atoms with van der Waals surface area (Å²) in [5, 5.41) is 19.2. The van der Waals surface area contributed by atoms with Crippen molar-refractivity contribution in [3.05, 3.63) is 65.0 Å². The van der Waals surface area contributed by atoms with Crippen LogP contribution in [0.5, 0.6) is 5.75 Å². The topological polar surface area (TPSA) is 99.7 Å². The average Bonchev–Trinajstić information content (AvgIpc) is 2.89. The second-order valence-electron chi connectivity index (χ2n) is 9.31. The molecule has 0 saturated heterocycles. The summed E-state index contributed by atoms with van der Waals surface area (Å²) in [6.07, 6.45) is 0.777. The van der Waals surface area contributed by atoms with Gasteiger partial charge in [-0.3, -0.25) is 9.59 Å². The van der Waals surface area contributed by atoms with Gasteiger partial charge in [0.25, 0.3) is 0 Å². The van der Waals surface area contributed by atoms with Gasteiger partial charge in [-0.25, -0.2) is 4.39 Å². The molecule has 2 aromatic carbocycles. The molecule has 1 aliphatic heterocycles. The number of aliphatic hydroxyl groups is 1. The number of benzene rings is 2. The van der Waals surface area contributed by atoms with Crippen LogP contribution in [0.3, 0.4) is 0 Å². The predicted molar refractivity (Wildman–Crippen MR) is 136 cm³/mol. The maximum absolute atomic E-state index is 14.3. The number of rotatable bonds is 6. The number of terminal acetylenes is 1. The number of aliphatic hydroxyl groups excluding tert-OH is 1. The summed E-state index contributed by atoms with van der Waals surface area (Å²) in [4.78, 5) is 25.4. The molecule has 0 aromatic heterocycles. The molecule has 2 amide bonds. The van der Waals surface area contributed by atoms with Crippen molar-refractivity contribution >= 4 is 11.8 Å². The van der Waals surface area contributed by atoms with Gasteiger partial charge in [-0.05, 0) is 48.6 Å². The Morgan fingerprint density at radius 1 is 1.15 bits per heavy atom. The molecule has 11 heteroatoms. The maximum atomic E-state index is 14.3.